The van der Waals surface area contributed by atoms with E-state index in [-0.39, 0.29) is 0 Å². The van der Waals surface area contributed by atoms with Gasteiger partial charge < -0.3 is 14.9 Å². The van der Waals surface area contributed by atoms with Crippen LogP contribution in [0.2, 0.25) is 0 Å². The monoisotopic (exact) mass is 188 g/mol. The van der Waals surface area contributed by atoms with E-state index < -0.39 is 47.5 Å². The Bertz CT molecular complexity index is 514. The lowest BCUT2D eigenvalue weighted by atomic mass is 10.2. The highest BCUT2D eigenvalue weighted by Crippen LogP contribution is 2.26. The number of carboxylic acid groups (broad SMARTS) is 1. The number of aliphatic carboxylic acids is 1. The molecule has 0 heterocycles. The second-order valence-corrected chi connectivity index (χ2v) is 2.06. The van der Waals surface area contributed by atoms with Crippen molar-refractivity contribution in [3.8, 4) is 11.5 Å². The number of hydrogen-bond acceptors (Lipinski definition) is 3. The van der Waals surface area contributed by atoms with E-state index in [1.807, 2.05) is 0 Å². The summed E-state index contributed by atoms with van der Waals surface area (Å²) in [6, 6.07) is -2.41. The number of carboxylic acids is 1. The van der Waals surface area contributed by atoms with Gasteiger partial charge in [-0.3, -0.25) is 4.79 Å². The lowest BCUT2D eigenvalue weighted by molar-refractivity contribution is -0.136. The number of benzene rings is 1. The molecule has 1 aromatic rings. The molecule has 0 aliphatic heterocycles. The van der Waals surface area contributed by atoms with Gasteiger partial charge in [0, 0.05) is 2.74 Å². The van der Waals surface area contributed by atoms with Crippen LogP contribution in [0, 0.1) is 0 Å². The Morgan fingerprint density at radius 2 is 2.46 bits per heavy atom. The minimum atomic E-state index is -3.02. The zero-order valence-corrected chi connectivity index (χ0v) is 6.71. The molecule has 4 heteroatoms. The molecule has 4 nitrogen and oxygen atoms in total. The van der Waals surface area contributed by atoms with E-state index in [1.54, 1.807) is 0 Å². The predicted octanol–water partition coefficient (Wildman–Crippen LogP) is 1.03. The molecule has 1 rings (SSSR count). The maximum Gasteiger partial charge on any atom is 0.307 e. The van der Waals surface area contributed by atoms with E-state index in [2.05, 4.69) is 4.74 Å². The van der Waals surface area contributed by atoms with E-state index >= 15 is 0 Å². The summed E-state index contributed by atoms with van der Waals surface area (Å²) in [6.45, 7) is 0. The van der Waals surface area contributed by atoms with Crippen molar-refractivity contribution in [2.45, 2.75) is 6.37 Å². The highest BCUT2D eigenvalue weighted by atomic mass is 16.5. The van der Waals surface area contributed by atoms with E-state index in [4.69, 9.17) is 12.0 Å². The van der Waals surface area contributed by atoms with Crippen LogP contribution in [0.3, 0.4) is 0 Å². The predicted molar refractivity (Wildman–Crippen MR) is 46.0 cm³/mol. The van der Waals surface area contributed by atoms with E-state index in [1.165, 1.54) is 0 Å². The number of phenolic OH excluding ortho intramolecular Hbond substituents is 1. The quantitative estimate of drug-likeness (QED) is 0.695. The fraction of sp³-hybridized carbons (Fsp3) is 0.222. The Kier molecular flexibility index (Phi) is 1.32. The molecule has 0 fully saturated rings. The van der Waals surface area contributed by atoms with E-state index in [0.29, 0.717) is 0 Å². The van der Waals surface area contributed by atoms with Crippen LogP contribution in [0.15, 0.2) is 18.1 Å². The van der Waals surface area contributed by atoms with Crippen LogP contribution in [-0.4, -0.2) is 23.3 Å². The maximum absolute atomic E-state index is 10.8. The first kappa shape index (κ1) is 4.50. The minimum absolute atomic E-state index is 0.531. The average molecular weight is 188 g/mol. The van der Waals surface area contributed by atoms with Gasteiger partial charge in [-0.15, -0.1) is 0 Å². The van der Waals surface area contributed by atoms with Crippen molar-refractivity contribution < 1.29 is 26.6 Å². The van der Waals surface area contributed by atoms with Crippen LogP contribution in [0.4, 0.5) is 0 Å². The third-order valence-corrected chi connectivity index (χ3v) is 1.20. The van der Waals surface area contributed by atoms with Crippen molar-refractivity contribution in [3.63, 3.8) is 0 Å². The number of methoxy groups -OCH3 is 1. The Morgan fingerprint density at radius 1 is 1.77 bits per heavy atom. The van der Waals surface area contributed by atoms with Crippen LogP contribution in [0.5, 0.6) is 11.5 Å². The highest BCUT2D eigenvalue weighted by Gasteiger charge is 2.05. The molecule has 0 atom stereocenters. The van der Waals surface area contributed by atoms with E-state index in [9.17, 15) is 9.90 Å². The summed E-state index contributed by atoms with van der Waals surface area (Å²) >= 11 is 0. The molecule has 13 heavy (non-hydrogen) atoms. The lowest BCUT2D eigenvalue weighted by Gasteiger charge is -2.04. The molecule has 0 saturated carbocycles. The highest BCUT2D eigenvalue weighted by molar-refractivity contribution is 5.70. The summed E-state index contributed by atoms with van der Waals surface area (Å²) in [5.41, 5.74) is -0.824. The number of carbonyl (C=O) groups is 1. The number of hydrogen-bond donors (Lipinski definition) is 2. The van der Waals surface area contributed by atoms with Gasteiger partial charge in [-0.1, -0.05) is 6.04 Å². The SMILES string of the molecule is [2H]c1c([2H])c([13C]([2H])([2H])C(=O)O)c([2H])c(OC)c1O. The van der Waals surface area contributed by atoms with Crippen LogP contribution < -0.4 is 4.74 Å². The summed E-state index contributed by atoms with van der Waals surface area (Å²) in [4.78, 5) is 10.8. The van der Waals surface area contributed by atoms with Gasteiger partial charge in [-0.2, -0.15) is 0 Å². The summed E-state index contributed by atoms with van der Waals surface area (Å²) in [5.74, 6) is -3.22. The third kappa shape index (κ3) is 2.37. The molecule has 0 aromatic heterocycles. The molecule has 0 aliphatic rings. The standard InChI is InChI=1S/C9H10O4/c1-13-8-4-6(5-9(11)12)2-3-7(8)10/h2-4,10H,5H2,1H3,(H,11,12)/i2D,3D,4D,5+1D2. The number of rotatable bonds is 3. The minimum Gasteiger partial charge on any atom is -0.504 e. The molecule has 2 N–H and O–H groups in total. The number of phenols is 1. The summed E-state index contributed by atoms with van der Waals surface area (Å²) in [5, 5.41) is 18.2. The Hall–Kier alpha value is -1.71. The van der Waals surface area contributed by atoms with Gasteiger partial charge in [-0.05, 0) is 17.6 Å². The van der Waals surface area contributed by atoms with Gasteiger partial charge in [0.2, 0.25) is 0 Å². The van der Waals surface area contributed by atoms with Crippen LogP contribution in [0.1, 0.15) is 12.4 Å². The van der Waals surface area contributed by atoms with Gasteiger partial charge in [0.15, 0.2) is 11.5 Å². The zero-order valence-electron chi connectivity index (χ0n) is 11.7. The second kappa shape index (κ2) is 3.80. The zero-order chi connectivity index (χ0) is 14.2. The molecule has 0 unspecified atom stereocenters. The Labute approximate surface area is 82.4 Å². The first-order valence-electron chi connectivity index (χ1n) is 5.76. The van der Waals surface area contributed by atoms with Crippen molar-refractivity contribution in [1.82, 2.24) is 0 Å². The fourth-order valence-electron chi connectivity index (χ4n) is 0.700. The topological polar surface area (TPSA) is 66.8 Å². The van der Waals surface area contributed by atoms with Gasteiger partial charge >= 0.3 is 5.97 Å². The molecule has 0 amide bonds. The van der Waals surface area contributed by atoms with Crippen LogP contribution in [-0.2, 0) is 11.2 Å². The normalized spacial score (nSPS) is 16.2. The van der Waals surface area contributed by atoms with Gasteiger partial charge in [0.1, 0.15) is 0 Å². The summed E-state index contributed by atoms with van der Waals surface area (Å²) in [7, 11) is 1.08. The molecular weight excluding hydrogens is 173 g/mol. The first-order valence-corrected chi connectivity index (χ1v) is 3.26. The van der Waals surface area contributed by atoms with Crippen molar-refractivity contribution in [2.24, 2.45) is 0 Å². The number of aromatic hydroxyl groups is 1. The van der Waals surface area contributed by atoms with Crippen molar-refractivity contribution in [1.29, 1.82) is 0 Å². The molecule has 0 spiro atoms. The molecule has 0 bridgehead atoms. The van der Waals surface area contributed by atoms with Gasteiger partial charge in [-0.25, -0.2) is 0 Å². The molecule has 70 valence electrons. The summed E-state index contributed by atoms with van der Waals surface area (Å²) < 4.78 is 41.8. The number of ether oxygens (including phenoxy) is 1. The lowest BCUT2D eigenvalue weighted by Crippen LogP contribution is -2.00. The van der Waals surface area contributed by atoms with Gasteiger partial charge in [0.25, 0.3) is 0 Å². The average Bonchev–Trinajstić information content (AvgIpc) is 2.26. The largest absolute Gasteiger partial charge is 0.504 e. The molecular formula is C9H10O4. The third-order valence-electron chi connectivity index (χ3n) is 1.20. The van der Waals surface area contributed by atoms with Crippen molar-refractivity contribution in [2.75, 3.05) is 7.11 Å². The summed E-state index contributed by atoms with van der Waals surface area (Å²) in [6.07, 6.45) is -3.02. The first-order chi connectivity index (χ1) is 8.16. The van der Waals surface area contributed by atoms with Gasteiger partial charge in [0.05, 0.1) is 17.6 Å². The van der Waals surface area contributed by atoms with E-state index in [0.717, 1.165) is 7.11 Å². The second-order valence-electron chi connectivity index (χ2n) is 2.06. The smallest absolute Gasteiger partial charge is 0.307 e. The Morgan fingerprint density at radius 3 is 3.00 bits per heavy atom. The fourth-order valence-corrected chi connectivity index (χ4v) is 0.700. The molecule has 0 radical (unpaired) electrons. The molecule has 0 aliphatic carbocycles. The van der Waals surface area contributed by atoms with Crippen LogP contribution >= 0.6 is 0 Å². The maximum atomic E-state index is 10.8. The molecule has 0 saturated heterocycles. The van der Waals surface area contributed by atoms with Crippen molar-refractivity contribution in [3.05, 3.63) is 23.7 Å². The van der Waals surface area contributed by atoms with Crippen molar-refractivity contribution >= 4 is 5.97 Å². The van der Waals surface area contributed by atoms with Crippen LogP contribution in [0.25, 0.3) is 0 Å². The Balaban J connectivity index is 3.75. The molecule has 1 aromatic carbocycles.